The molecule has 5 nitrogen and oxygen atoms in total. The number of nitrogens with one attached hydrogen (secondary N) is 1. The van der Waals surface area contributed by atoms with Crippen LogP contribution in [0.5, 0.6) is 0 Å². The van der Waals surface area contributed by atoms with Crippen LogP contribution in [0.25, 0.3) is 11.5 Å². The highest BCUT2D eigenvalue weighted by Gasteiger charge is 2.14. The molecule has 0 bridgehead atoms. The van der Waals surface area contributed by atoms with E-state index in [2.05, 4.69) is 15.3 Å². The third-order valence-corrected chi connectivity index (χ3v) is 2.70. The molecule has 0 radical (unpaired) electrons. The number of aromatic nitrogens is 1. The zero-order chi connectivity index (χ0) is 13.8. The van der Waals surface area contributed by atoms with Gasteiger partial charge in [-0.05, 0) is 26.0 Å². The molecule has 0 aliphatic heterocycles. The Morgan fingerprint density at radius 2 is 2.21 bits per heavy atom. The van der Waals surface area contributed by atoms with E-state index in [-0.39, 0.29) is 12.3 Å². The van der Waals surface area contributed by atoms with Crippen molar-refractivity contribution in [3.63, 3.8) is 0 Å². The number of carbonyl (C=O) groups excluding carboxylic acids is 1. The van der Waals surface area contributed by atoms with Crippen molar-refractivity contribution in [3.8, 4) is 11.5 Å². The van der Waals surface area contributed by atoms with Crippen molar-refractivity contribution < 1.29 is 14.0 Å². The Labute approximate surface area is 111 Å². The van der Waals surface area contributed by atoms with Crippen molar-refractivity contribution in [1.82, 2.24) is 10.5 Å². The number of aryl methyl sites for hydroxylation is 2. The predicted molar refractivity (Wildman–Crippen MR) is 70.3 cm³/mol. The molecule has 0 atom stereocenters. The van der Waals surface area contributed by atoms with Crippen molar-refractivity contribution in [3.05, 3.63) is 41.3 Å². The highest BCUT2D eigenvalue weighted by atomic mass is 16.6. The summed E-state index contributed by atoms with van der Waals surface area (Å²) in [5.74, 6) is 0.916. The number of rotatable bonds is 4. The van der Waals surface area contributed by atoms with Crippen molar-refractivity contribution >= 4 is 5.91 Å². The fraction of sp³-hybridized carbons (Fsp3) is 0.286. The van der Waals surface area contributed by atoms with E-state index in [4.69, 9.17) is 4.42 Å². The van der Waals surface area contributed by atoms with Gasteiger partial charge >= 0.3 is 0 Å². The number of hydrogen-bond acceptors (Lipinski definition) is 4. The first-order valence-electron chi connectivity index (χ1n) is 5.95. The van der Waals surface area contributed by atoms with Crippen LogP contribution in [0.1, 0.15) is 17.0 Å². The molecule has 100 valence electrons. The normalized spacial score (nSPS) is 10.5. The predicted octanol–water partition coefficient (Wildman–Crippen LogP) is 2.18. The monoisotopic (exact) mass is 260 g/mol. The largest absolute Gasteiger partial charge is 0.441 e. The maximum Gasteiger partial charge on any atom is 0.249 e. The van der Waals surface area contributed by atoms with Crippen LogP contribution in [0.3, 0.4) is 0 Å². The number of hydroxylamine groups is 1. The summed E-state index contributed by atoms with van der Waals surface area (Å²) in [4.78, 5) is 20.4. The van der Waals surface area contributed by atoms with Crippen LogP contribution >= 0.6 is 0 Å². The van der Waals surface area contributed by atoms with E-state index < -0.39 is 0 Å². The highest BCUT2D eigenvalue weighted by Crippen LogP contribution is 2.22. The number of oxazole rings is 1. The van der Waals surface area contributed by atoms with Crippen LogP contribution in [0.4, 0.5) is 0 Å². The van der Waals surface area contributed by atoms with Crippen LogP contribution in [0.15, 0.2) is 28.7 Å². The van der Waals surface area contributed by atoms with E-state index in [9.17, 15) is 4.79 Å². The van der Waals surface area contributed by atoms with Gasteiger partial charge in [0.2, 0.25) is 11.8 Å². The summed E-state index contributed by atoms with van der Waals surface area (Å²) in [5.41, 5.74) is 4.91. The van der Waals surface area contributed by atoms with Crippen molar-refractivity contribution in [2.45, 2.75) is 20.3 Å². The van der Waals surface area contributed by atoms with Crippen molar-refractivity contribution in [1.29, 1.82) is 0 Å². The smallest absolute Gasteiger partial charge is 0.249 e. The molecule has 0 saturated heterocycles. The molecule has 0 aliphatic carbocycles. The minimum atomic E-state index is -0.255. The first kappa shape index (κ1) is 13.3. The van der Waals surface area contributed by atoms with E-state index >= 15 is 0 Å². The second kappa shape index (κ2) is 5.67. The third-order valence-electron chi connectivity index (χ3n) is 2.70. The van der Waals surface area contributed by atoms with Gasteiger partial charge in [-0.25, -0.2) is 10.5 Å². The quantitative estimate of drug-likeness (QED) is 0.856. The fourth-order valence-electron chi connectivity index (χ4n) is 1.80. The van der Waals surface area contributed by atoms with E-state index in [1.165, 1.54) is 7.11 Å². The van der Waals surface area contributed by atoms with Crippen LogP contribution in [0.2, 0.25) is 0 Å². The zero-order valence-electron chi connectivity index (χ0n) is 11.2. The van der Waals surface area contributed by atoms with Gasteiger partial charge in [0.1, 0.15) is 5.76 Å². The summed E-state index contributed by atoms with van der Waals surface area (Å²) >= 11 is 0. The first-order valence-corrected chi connectivity index (χ1v) is 5.95. The van der Waals surface area contributed by atoms with E-state index in [0.717, 1.165) is 11.1 Å². The molecule has 0 fully saturated rings. The molecule has 0 saturated carbocycles. The summed E-state index contributed by atoms with van der Waals surface area (Å²) in [6, 6.07) is 7.87. The molecule has 2 aromatic rings. The van der Waals surface area contributed by atoms with Crippen LogP contribution in [-0.4, -0.2) is 18.0 Å². The van der Waals surface area contributed by atoms with Gasteiger partial charge in [-0.1, -0.05) is 17.7 Å². The maximum absolute atomic E-state index is 11.4. The van der Waals surface area contributed by atoms with Gasteiger partial charge < -0.3 is 4.42 Å². The third kappa shape index (κ3) is 3.20. The molecular weight excluding hydrogens is 244 g/mol. The van der Waals surface area contributed by atoms with Crippen LogP contribution < -0.4 is 5.48 Å². The molecule has 1 heterocycles. The molecule has 5 heteroatoms. The van der Waals surface area contributed by atoms with Crippen LogP contribution in [0, 0.1) is 13.8 Å². The van der Waals surface area contributed by atoms with E-state index in [1.807, 2.05) is 31.2 Å². The molecular formula is C14H16N2O3. The lowest BCUT2D eigenvalue weighted by atomic mass is 10.1. The molecule has 0 spiro atoms. The summed E-state index contributed by atoms with van der Waals surface area (Å²) in [6.45, 7) is 3.80. The second-order valence-corrected chi connectivity index (χ2v) is 4.30. The molecule has 2 rings (SSSR count). The number of hydrogen-bond donors (Lipinski definition) is 1. The molecule has 1 aromatic heterocycles. The summed E-state index contributed by atoms with van der Waals surface area (Å²) < 4.78 is 5.60. The molecule has 1 aromatic carbocycles. The summed E-state index contributed by atoms with van der Waals surface area (Å²) in [6.07, 6.45) is 0.134. The standard InChI is InChI=1S/C14H16N2O3/c1-9-5-4-6-11(7-9)14-15-12(10(2)19-14)8-13(17)16-18-3/h4-7H,8H2,1-3H3,(H,16,17). The lowest BCUT2D eigenvalue weighted by Crippen LogP contribution is -2.24. The Hall–Kier alpha value is -2.14. The maximum atomic E-state index is 11.4. The minimum Gasteiger partial charge on any atom is -0.441 e. The summed E-state index contributed by atoms with van der Waals surface area (Å²) in [5, 5.41) is 0. The SMILES string of the molecule is CONC(=O)Cc1nc(-c2cccc(C)c2)oc1C. The Morgan fingerprint density at radius 3 is 2.89 bits per heavy atom. The molecule has 1 N–H and O–H groups in total. The number of carbonyl (C=O) groups is 1. The number of amides is 1. The molecule has 0 aliphatic rings. The zero-order valence-corrected chi connectivity index (χ0v) is 11.2. The minimum absolute atomic E-state index is 0.134. The van der Waals surface area contributed by atoms with Gasteiger partial charge in [0.05, 0.1) is 19.2 Å². The highest BCUT2D eigenvalue weighted by molar-refractivity contribution is 5.77. The Morgan fingerprint density at radius 1 is 1.42 bits per heavy atom. The van der Waals surface area contributed by atoms with Gasteiger partial charge in [0.15, 0.2) is 0 Å². The van der Waals surface area contributed by atoms with Crippen molar-refractivity contribution in [2.75, 3.05) is 7.11 Å². The van der Waals surface area contributed by atoms with Gasteiger partial charge in [-0.2, -0.15) is 0 Å². The number of nitrogens with zero attached hydrogens (tertiary/aromatic N) is 1. The molecule has 1 amide bonds. The average molecular weight is 260 g/mol. The van der Waals surface area contributed by atoms with Gasteiger partial charge in [0.25, 0.3) is 0 Å². The lowest BCUT2D eigenvalue weighted by Gasteiger charge is -1.98. The lowest BCUT2D eigenvalue weighted by molar-refractivity contribution is -0.130. The molecule has 0 unspecified atom stereocenters. The van der Waals surface area contributed by atoms with Crippen LogP contribution in [-0.2, 0) is 16.1 Å². The van der Waals surface area contributed by atoms with Gasteiger partial charge in [0, 0.05) is 5.56 Å². The van der Waals surface area contributed by atoms with E-state index in [1.54, 1.807) is 6.92 Å². The van der Waals surface area contributed by atoms with E-state index in [0.29, 0.717) is 17.3 Å². The average Bonchev–Trinajstić information content (AvgIpc) is 2.71. The Kier molecular flexibility index (Phi) is 3.97. The second-order valence-electron chi connectivity index (χ2n) is 4.30. The number of benzene rings is 1. The van der Waals surface area contributed by atoms with Crippen molar-refractivity contribution in [2.24, 2.45) is 0 Å². The van der Waals surface area contributed by atoms with Gasteiger partial charge in [-0.15, -0.1) is 0 Å². The first-order chi connectivity index (χ1) is 9.10. The Balaban J connectivity index is 2.23. The Bertz CT molecular complexity index is 590. The summed E-state index contributed by atoms with van der Waals surface area (Å²) in [7, 11) is 1.39. The molecule has 19 heavy (non-hydrogen) atoms. The topological polar surface area (TPSA) is 64.4 Å². The van der Waals surface area contributed by atoms with Gasteiger partial charge in [-0.3, -0.25) is 9.63 Å². The fourth-order valence-corrected chi connectivity index (χ4v) is 1.80.